The van der Waals surface area contributed by atoms with E-state index in [1.165, 1.54) is 6.33 Å². The van der Waals surface area contributed by atoms with Gasteiger partial charge in [0.1, 0.15) is 24.5 Å². The van der Waals surface area contributed by atoms with Gasteiger partial charge >= 0.3 is 0 Å². The van der Waals surface area contributed by atoms with Gasteiger partial charge in [-0.15, -0.1) is 0 Å². The number of pyridine rings is 1. The maximum atomic E-state index is 12.9. The second-order valence-corrected chi connectivity index (χ2v) is 10.1. The van der Waals surface area contributed by atoms with Crippen molar-refractivity contribution in [3.05, 3.63) is 83.9 Å². The van der Waals surface area contributed by atoms with Crippen molar-refractivity contribution < 1.29 is 19.0 Å². The lowest BCUT2D eigenvalue weighted by molar-refractivity contribution is -0.112. The number of amides is 1. The number of carbonyl (C=O) groups is 1. The summed E-state index contributed by atoms with van der Waals surface area (Å²) in [6.07, 6.45) is 8.83. The van der Waals surface area contributed by atoms with Crippen LogP contribution in [0.2, 0.25) is 5.02 Å². The van der Waals surface area contributed by atoms with E-state index in [9.17, 15) is 4.79 Å². The van der Waals surface area contributed by atoms with E-state index in [0.717, 1.165) is 31.6 Å². The summed E-state index contributed by atoms with van der Waals surface area (Å²) in [6, 6.07) is 14.8. The highest BCUT2D eigenvalue weighted by Crippen LogP contribution is 2.38. The van der Waals surface area contributed by atoms with E-state index >= 15 is 0 Å². The van der Waals surface area contributed by atoms with Crippen LogP contribution in [0.1, 0.15) is 18.5 Å². The zero-order chi connectivity index (χ0) is 29.3. The molecule has 0 radical (unpaired) electrons. The largest absolute Gasteiger partial charge is 0.494 e. The van der Waals surface area contributed by atoms with Crippen LogP contribution in [-0.2, 0) is 16.1 Å². The highest BCUT2D eigenvalue weighted by Gasteiger charge is 2.22. The molecule has 11 heteroatoms. The van der Waals surface area contributed by atoms with E-state index in [1.807, 2.05) is 36.4 Å². The van der Waals surface area contributed by atoms with Gasteiger partial charge in [0.2, 0.25) is 5.91 Å². The molecule has 0 bridgehead atoms. The number of carbonyl (C=O) groups excluding carboxylic acids is 1. The molecule has 2 aromatic heterocycles. The zero-order valence-electron chi connectivity index (χ0n) is 23.5. The van der Waals surface area contributed by atoms with Crippen molar-refractivity contribution in [3.8, 4) is 11.5 Å². The number of methoxy groups -OCH3 is 2. The Kier molecular flexibility index (Phi) is 9.81. The molecule has 1 amide bonds. The van der Waals surface area contributed by atoms with Gasteiger partial charge in [-0.3, -0.25) is 14.7 Å². The summed E-state index contributed by atoms with van der Waals surface area (Å²) in [5.41, 5.74) is 2.66. The Hall–Kier alpha value is -4.25. The molecule has 2 N–H and O–H groups in total. The van der Waals surface area contributed by atoms with Crippen molar-refractivity contribution in [1.29, 1.82) is 0 Å². The molecular formula is C31H33ClN6O4. The minimum absolute atomic E-state index is 0.215. The van der Waals surface area contributed by atoms with Crippen molar-refractivity contribution in [1.82, 2.24) is 19.9 Å². The molecular weight excluding hydrogens is 556 g/mol. The molecule has 1 saturated heterocycles. The second-order valence-electron chi connectivity index (χ2n) is 9.73. The van der Waals surface area contributed by atoms with Crippen molar-refractivity contribution in [3.63, 3.8) is 0 Å². The van der Waals surface area contributed by atoms with Crippen LogP contribution in [0, 0.1) is 0 Å². The highest BCUT2D eigenvalue weighted by atomic mass is 35.5. The lowest BCUT2D eigenvalue weighted by Crippen LogP contribution is -2.31. The number of ether oxygens (including phenoxy) is 3. The van der Waals surface area contributed by atoms with Gasteiger partial charge in [0.05, 0.1) is 41.0 Å². The third-order valence-electron chi connectivity index (χ3n) is 6.98. The molecule has 0 spiro atoms. The van der Waals surface area contributed by atoms with Gasteiger partial charge in [-0.1, -0.05) is 23.7 Å². The van der Waals surface area contributed by atoms with Crippen molar-refractivity contribution in [2.75, 3.05) is 44.5 Å². The Balaban J connectivity index is 1.32. The number of aromatic nitrogens is 3. The third kappa shape index (κ3) is 7.14. The zero-order valence-corrected chi connectivity index (χ0v) is 24.3. The normalized spacial score (nSPS) is 15.3. The van der Waals surface area contributed by atoms with Gasteiger partial charge in [0, 0.05) is 37.7 Å². The Labute approximate surface area is 249 Å². The molecule has 2 aromatic carbocycles. The smallest absolute Gasteiger partial charge is 0.248 e. The lowest BCUT2D eigenvalue weighted by Gasteiger charge is -2.21. The van der Waals surface area contributed by atoms with Crippen LogP contribution in [0.25, 0.3) is 10.9 Å². The number of fused-ring (bicyclic) bond motifs is 1. The van der Waals surface area contributed by atoms with Crippen molar-refractivity contribution in [2.24, 2.45) is 0 Å². The molecule has 1 aliphatic heterocycles. The van der Waals surface area contributed by atoms with E-state index in [4.69, 9.17) is 25.8 Å². The summed E-state index contributed by atoms with van der Waals surface area (Å²) >= 11 is 6.53. The van der Waals surface area contributed by atoms with Crippen LogP contribution in [0.5, 0.6) is 11.5 Å². The Morgan fingerprint density at radius 2 is 2.05 bits per heavy atom. The molecule has 3 heterocycles. The summed E-state index contributed by atoms with van der Waals surface area (Å²) in [5, 5.41) is 7.31. The standard InChI is InChI=1S/C31H33ClN6O4/c1-40-17-16-38-15-5-7-23(38)9-13-28(39)37-26-11-10-25-29(30(26)41-2)31(35-20-34-25)36-21-8-12-27(24(32)18-21)42-19-22-6-3-4-14-33-22/h3-4,6,8-14,18,20,23H,5,7,15-17,19H2,1-2H3,(H,37,39)(H,34,35,36)/b13-9+/t23-/m1/s1. The molecule has 42 heavy (non-hydrogen) atoms. The van der Waals surface area contributed by atoms with Crippen LogP contribution in [0.4, 0.5) is 17.2 Å². The average Bonchev–Trinajstić information content (AvgIpc) is 3.46. The van der Waals surface area contributed by atoms with Gasteiger partial charge in [-0.25, -0.2) is 9.97 Å². The minimum Gasteiger partial charge on any atom is -0.494 e. The highest BCUT2D eigenvalue weighted by molar-refractivity contribution is 6.32. The van der Waals surface area contributed by atoms with Gasteiger partial charge in [0.15, 0.2) is 5.75 Å². The number of anilines is 3. The van der Waals surface area contributed by atoms with E-state index in [-0.39, 0.29) is 11.9 Å². The summed E-state index contributed by atoms with van der Waals surface area (Å²) in [7, 11) is 3.25. The monoisotopic (exact) mass is 588 g/mol. The van der Waals surface area contributed by atoms with Crippen molar-refractivity contribution in [2.45, 2.75) is 25.5 Å². The van der Waals surface area contributed by atoms with E-state index in [0.29, 0.717) is 57.8 Å². The minimum atomic E-state index is -0.245. The van der Waals surface area contributed by atoms with E-state index in [2.05, 4.69) is 30.5 Å². The van der Waals surface area contributed by atoms with E-state index < -0.39 is 0 Å². The van der Waals surface area contributed by atoms with Gasteiger partial charge in [-0.05, 0) is 61.9 Å². The predicted octanol–water partition coefficient (Wildman–Crippen LogP) is 5.61. The first kappa shape index (κ1) is 29.2. The summed E-state index contributed by atoms with van der Waals surface area (Å²) < 4.78 is 16.8. The first-order valence-corrected chi connectivity index (χ1v) is 14.1. The number of likely N-dealkylation sites (tertiary alicyclic amines) is 1. The van der Waals surface area contributed by atoms with Crippen LogP contribution < -0.4 is 20.1 Å². The number of hydrogen-bond acceptors (Lipinski definition) is 9. The van der Waals surface area contributed by atoms with Crippen LogP contribution in [0.3, 0.4) is 0 Å². The van der Waals surface area contributed by atoms with Gasteiger partial charge in [-0.2, -0.15) is 0 Å². The molecule has 218 valence electrons. The number of benzene rings is 2. The molecule has 4 aromatic rings. The molecule has 0 saturated carbocycles. The molecule has 1 aliphatic rings. The fraction of sp³-hybridized carbons (Fsp3) is 0.290. The Bertz CT molecular complexity index is 1550. The number of hydrogen-bond donors (Lipinski definition) is 2. The third-order valence-corrected chi connectivity index (χ3v) is 7.28. The Morgan fingerprint density at radius 1 is 1.14 bits per heavy atom. The van der Waals surface area contributed by atoms with Gasteiger partial charge < -0.3 is 24.8 Å². The van der Waals surface area contributed by atoms with Crippen LogP contribution in [0.15, 0.2) is 73.2 Å². The molecule has 0 unspecified atom stereocenters. The SMILES string of the molecule is COCCN1CCC[C@@H]1/C=C/C(=O)Nc1ccc2ncnc(Nc3ccc(OCc4ccccn4)c(Cl)c3)c2c1OC. The van der Waals surface area contributed by atoms with Crippen molar-refractivity contribution >= 4 is 45.6 Å². The second kappa shape index (κ2) is 14.1. The molecule has 0 aliphatic carbocycles. The Morgan fingerprint density at radius 3 is 2.83 bits per heavy atom. The fourth-order valence-electron chi connectivity index (χ4n) is 4.92. The number of nitrogens with one attached hydrogen (secondary N) is 2. The summed E-state index contributed by atoms with van der Waals surface area (Å²) in [5.74, 6) is 1.24. The number of rotatable bonds is 12. The average molecular weight is 589 g/mol. The maximum absolute atomic E-state index is 12.9. The summed E-state index contributed by atoms with van der Waals surface area (Å²) in [4.78, 5) is 28.3. The first-order valence-electron chi connectivity index (χ1n) is 13.7. The molecule has 1 fully saturated rings. The van der Waals surface area contributed by atoms with Crippen LogP contribution >= 0.6 is 11.6 Å². The maximum Gasteiger partial charge on any atom is 0.248 e. The summed E-state index contributed by atoms with van der Waals surface area (Å²) in [6.45, 7) is 2.81. The fourth-order valence-corrected chi connectivity index (χ4v) is 5.16. The number of nitrogens with zero attached hydrogens (tertiary/aromatic N) is 4. The first-order chi connectivity index (χ1) is 20.6. The molecule has 1 atom stereocenters. The van der Waals surface area contributed by atoms with E-state index in [1.54, 1.807) is 44.7 Å². The predicted molar refractivity (Wildman–Crippen MR) is 164 cm³/mol. The van der Waals surface area contributed by atoms with Gasteiger partial charge in [0.25, 0.3) is 0 Å². The lowest BCUT2D eigenvalue weighted by atomic mass is 10.1. The molecule has 10 nitrogen and oxygen atoms in total. The molecule has 5 rings (SSSR count). The topological polar surface area (TPSA) is 111 Å². The van der Waals surface area contributed by atoms with Crippen LogP contribution in [-0.4, -0.2) is 65.7 Å². The number of halogens is 1. The quantitative estimate of drug-likeness (QED) is 0.204.